The summed E-state index contributed by atoms with van der Waals surface area (Å²) in [6.07, 6.45) is 14.8. The molecule has 0 bridgehead atoms. The normalized spacial score (nSPS) is 31.2. The fourth-order valence-electron chi connectivity index (χ4n) is 5.59. The molecule has 0 heterocycles. The van der Waals surface area contributed by atoms with E-state index in [1.165, 1.54) is 80.9 Å². The SMILES string of the molecule is CCCC1CCC(C2CCC(c3cc(C)c(C)c(C)c3)CC2)CC1. The van der Waals surface area contributed by atoms with E-state index in [4.69, 9.17) is 0 Å². The lowest BCUT2D eigenvalue weighted by molar-refractivity contribution is 0.156. The van der Waals surface area contributed by atoms with E-state index in [2.05, 4.69) is 39.8 Å². The molecule has 24 heavy (non-hydrogen) atoms. The third-order valence-corrected chi connectivity index (χ3v) is 7.45. The minimum Gasteiger partial charge on any atom is -0.0654 e. The second kappa shape index (κ2) is 8.07. The minimum atomic E-state index is 0.829. The van der Waals surface area contributed by atoms with Crippen LogP contribution < -0.4 is 0 Å². The molecule has 0 aromatic heterocycles. The van der Waals surface area contributed by atoms with E-state index >= 15 is 0 Å². The predicted molar refractivity (Wildman–Crippen MR) is 106 cm³/mol. The van der Waals surface area contributed by atoms with Crippen LogP contribution in [0.1, 0.15) is 99.3 Å². The molecular weight excluding hydrogens is 288 g/mol. The molecule has 1 aromatic carbocycles. The van der Waals surface area contributed by atoms with Gasteiger partial charge in [0.1, 0.15) is 0 Å². The number of benzene rings is 1. The standard InChI is InChI=1S/C24H38/c1-5-6-20-7-9-21(10-8-20)22-11-13-23(14-12-22)24-15-17(2)19(4)18(3)16-24/h15-16,20-23H,5-14H2,1-4H3. The van der Waals surface area contributed by atoms with Crippen LogP contribution in [-0.2, 0) is 0 Å². The molecule has 0 nitrogen and oxygen atoms in total. The molecule has 2 fully saturated rings. The van der Waals surface area contributed by atoms with Crippen molar-refractivity contribution < 1.29 is 0 Å². The fourth-order valence-corrected chi connectivity index (χ4v) is 5.59. The summed E-state index contributed by atoms with van der Waals surface area (Å²) < 4.78 is 0. The van der Waals surface area contributed by atoms with Crippen molar-refractivity contribution in [2.75, 3.05) is 0 Å². The van der Waals surface area contributed by atoms with E-state index in [0.717, 1.165) is 23.7 Å². The van der Waals surface area contributed by atoms with Gasteiger partial charge in [-0.1, -0.05) is 44.7 Å². The molecule has 0 N–H and O–H groups in total. The van der Waals surface area contributed by atoms with Gasteiger partial charge < -0.3 is 0 Å². The third-order valence-electron chi connectivity index (χ3n) is 7.45. The Morgan fingerprint density at radius 3 is 1.75 bits per heavy atom. The van der Waals surface area contributed by atoms with Crippen LogP contribution in [0.4, 0.5) is 0 Å². The lowest BCUT2D eigenvalue weighted by Crippen LogP contribution is -2.25. The first-order valence-corrected chi connectivity index (χ1v) is 10.7. The summed E-state index contributed by atoms with van der Waals surface area (Å²) >= 11 is 0. The average molecular weight is 327 g/mol. The molecule has 0 radical (unpaired) electrons. The zero-order chi connectivity index (χ0) is 17.1. The van der Waals surface area contributed by atoms with Crippen molar-refractivity contribution in [1.82, 2.24) is 0 Å². The quantitative estimate of drug-likeness (QED) is 0.537. The zero-order valence-corrected chi connectivity index (χ0v) is 16.5. The Hall–Kier alpha value is -0.780. The molecule has 0 aliphatic heterocycles. The molecule has 0 amide bonds. The van der Waals surface area contributed by atoms with Gasteiger partial charge in [0.2, 0.25) is 0 Å². The van der Waals surface area contributed by atoms with Gasteiger partial charge in [-0.2, -0.15) is 0 Å². The van der Waals surface area contributed by atoms with Crippen molar-refractivity contribution in [2.45, 2.75) is 97.8 Å². The van der Waals surface area contributed by atoms with Crippen LogP contribution in [0.25, 0.3) is 0 Å². The lowest BCUT2D eigenvalue weighted by atomic mass is 9.68. The lowest BCUT2D eigenvalue weighted by Gasteiger charge is -2.38. The molecule has 134 valence electrons. The largest absolute Gasteiger partial charge is 0.0654 e. The first-order valence-electron chi connectivity index (χ1n) is 10.7. The van der Waals surface area contributed by atoms with Crippen molar-refractivity contribution in [3.63, 3.8) is 0 Å². The van der Waals surface area contributed by atoms with Crippen molar-refractivity contribution >= 4 is 0 Å². The number of hydrogen-bond acceptors (Lipinski definition) is 0. The minimum absolute atomic E-state index is 0.829. The van der Waals surface area contributed by atoms with E-state index < -0.39 is 0 Å². The molecule has 0 spiro atoms. The van der Waals surface area contributed by atoms with Crippen LogP contribution in [-0.4, -0.2) is 0 Å². The highest BCUT2D eigenvalue weighted by molar-refractivity contribution is 5.38. The molecule has 2 saturated carbocycles. The number of hydrogen-bond donors (Lipinski definition) is 0. The Kier molecular flexibility index (Phi) is 6.06. The van der Waals surface area contributed by atoms with Gasteiger partial charge in [0.25, 0.3) is 0 Å². The van der Waals surface area contributed by atoms with E-state index in [1.807, 2.05) is 0 Å². The van der Waals surface area contributed by atoms with Crippen LogP contribution in [0.15, 0.2) is 12.1 Å². The molecule has 2 aliphatic rings. The van der Waals surface area contributed by atoms with Gasteiger partial charge in [-0.05, 0) is 105 Å². The van der Waals surface area contributed by atoms with Gasteiger partial charge in [-0.3, -0.25) is 0 Å². The van der Waals surface area contributed by atoms with Crippen LogP contribution in [0.3, 0.4) is 0 Å². The summed E-state index contributed by atoms with van der Waals surface area (Å²) in [5.74, 6) is 3.98. The molecule has 1 aromatic rings. The average Bonchev–Trinajstić information content (AvgIpc) is 2.60. The van der Waals surface area contributed by atoms with Crippen LogP contribution in [0.5, 0.6) is 0 Å². The van der Waals surface area contributed by atoms with Crippen LogP contribution >= 0.6 is 0 Å². The highest BCUT2D eigenvalue weighted by Crippen LogP contribution is 2.44. The van der Waals surface area contributed by atoms with Crippen molar-refractivity contribution in [3.8, 4) is 0 Å². The first-order chi connectivity index (χ1) is 11.6. The van der Waals surface area contributed by atoms with Gasteiger partial charge in [0, 0.05) is 0 Å². The highest BCUT2D eigenvalue weighted by atomic mass is 14.4. The highest BCUT2D eigenvalue weighted by Gasteiger charge is 2.31. The van der Waals surface area contributed by atoms with Gasteiger partial charge in [0.15, 0.2) is 0 Å². The smallest absolute Gasteiger partial charge is 0.0162 e. The van der Waals surface area contributed by atoms with Crippen LogP contribution in [0, 0.1) is 38.5 Å². The van der Waals surface area contributed by atoms with E-state index in [9.17, 15) is 0 Å². The summed E-state index contributed by atoms with van der Waals surface area (Å²) in [7, 11) is 0. The monoisotopic (exact) mass is 326 g/mol. The maximum atomic E-state index is 2.48. The van der Waals surface area contributed by atoms with E-state index in [0.29, 0.717) is 0 Å². The van der Waals surface area contributed by atoms with Crippen molar-refractivity contribution in [2.24, 2.45) is 17.8 Å². The first kappa shape index (κ1) is 18.0. The third kappa shape index (κ3) is 4.06. The topological polar surface area (TPSA) is 0 Å². The molecule has 3 rings (SSSR count). The summed E-state index contributed by atoms with van der Waals surface area (Å²) in [5.41, 5.74) is 6.08. The Balaban J connectivity index is 1.53. The number of aryl methyl sites for hydroxylation is 2. The molecular formula is C24H38. The maximum Gasteiger partial charge on any atom is -0.0162 e. The summed E-state index contributed by atoms with van der Waals surface area (Å²) in [4.78, 5) is 0. The molecule has 0 unspecified atom stereocenters. The predicted octanol–water partition coefficient (Wildman–Crippen LogP) is 7.49. The summed E-state index contributed by atoms with van der Waals surface area (Å²) in [6.45, 7) is 9.18. The molecule has 0 saturated heterocycles. The van der Waals surface area contributed by atoms with Crippen molar-refractivity contribution in [1.29, 1.82) is 0 Å². The second-order valence-corrected chi connectivity index (χ2v) is 8.96. The summed E-state index contributed by atoms with van der Waals surface area (Å²) in [6, 6.07) is 4.95. The van der Waals surface area contributed by atoms with E-state index in [-0.39, 0.29) is 0 Å². The maximum absolute atomic E-state index is 2.48. The Bertz CT molecular complexity index is 502. The van der Waals surface area contributed by atoms with Gasteiger partial charge in [0.05, 0.1) is 0 Å². The summed E-state index contributed by atoms with van der Waals surface area (Å²) in [5, 5.41) is 0. The zero-order valence-electron chi connectivity index (χ0n) is 16.5. The Labute approximate surface area is 150 Å². The Morgan fingerprint density at radius 1 is 0.750 bits per heavy atom. The fraction of sp³-hybridized carbons (Fsp3) is 0.750. The molecule has 0 heteroatoms. The van der Waals surface area contributed by atoms with Crippen molar-refractivity contribution in [3.05, 3.63) is 34.4 Å². The van der Waals surface area contributed by atoms with Gasteiger partial charge in [-0.15, -0.1) is 0 Å². The van der Waals surface area contributed by atoms with Gasteiger partial charge >= 0.3 is 0 Å². The van der Waals surface area contributed by atoms with Crippen LogP contribution in [0.2, 0.25) is 0 Å². The second-order valence-electron chi connectivity index (χ2n) is 8.96. The Morgan fingerprint density at radius 2 is 1.25 bits per heavy atom. The number of rotatable bonds is 4. The molecule has 2 aliphatic carbocycles. The van der Waals surface area contributed by atoms with E-state index in [1.54, 1.807) is 5.56 Å². The van der Waals surface area contributed by atoms with Gasteiger partial charge in [-0.25, -0.2) is 0 Å². The molecule has 0 atom stereocenters.